The molecule has 2 nitrogen and oxygen atoms in total. The second-order valence-corrected chi connectivity index (χ2v) is 5.75. The minimum absolute atomic E-state index is 0.683. The Labute approximate surface area is 133 Å². The lowest BCUT2D eigenvalue weighted by molar-refractivity contribution is 0.470. The normalized spacial score (nSPS) is 10.6. The molecule has 0 bridgehead atoms. The van der Waals surface area contributed by atoms with E-state index >= 15 is 0 Å². The first kappa shape index (κ1) is 15.4. The molecule has 0 saturated carbocycles. The molecule has 2 rings (SSSR count). The third-order valence-corrected chi connectivity index (χ3v) is 3.68. The third kappa shape index (κ3) is 4.23. The van der Waals surface area contributed by atoms with E-state index in [2.05, 4.69) is 34.2 Å². The van der Waals surface area contributed by atoms with Crippen LogP contribution in [-0.4, -0.2) is 6.54 Å². The van der Waals surface area contributed by atoms with E-state index in [1.54, 1.807) is 0 Å². The number of benzene rings is 2. The van der Waals surface area contributed by atoms with Gasteiger partial charge in [-0.25, -0.2) is 0 Å². The molecule has 0 aliphatic carbocycles. The highest BCUT2D eigenvalue weighted by Crippen LogP contribution is 2.33. The molecule has 1 N–H and O–H groups in total. The average Bonchev–Trinajstić information content (AvgIpc) is 2.44. The lowest BCUT2D eigenvalue weighted by atomic mass is 10.2. The SMILES string of the molecule is CCCNCc1ccccc1Oc1ccc(Cl)cc1Br. The Morgan fingerprint density at radius 1 is 1.15 bits per heavy atom. The minimum atomic E-state index is 0.683. The van der Waals surface area contributed by atoms with Crippen LogP contribution in [0.5, 0.6) is 11.5 Å². The van der Waals surface area contributed by atoms with Crippen LogP contribution in [0, 0.1) is 0 Å². The molecule has 0 spiro atoms. The molecule has 0 heterocycles. The highest BCUT2D eigenvalue weighted by molar-refractivity contribution is 9.10. The van der Waals surface area contributed by atoms with Crippen LogP contribution in [0.15, 0.2) is 46.9 Å². The molecule has 0 unspecified atom stereocenters. The Hall–Kier alpha value is -1.03. The van der Waals surface area contributed by atoms with Gasteiger partial charge in [-0.05, 0) is 53.2 Å². The van der Waals surface area contributed by atoms with Crippen molar-refractivity contribution in [2.75, 3.05) is 6.54 Å². The summed E-state index contributed by atoms with van der Waals surface area (Å²) in [7, 11) is 0. The van der Waals surface area contributed by atoms with E-state index in [9.17, 15) is 0 Å². The van der Waals surface area contributed by atoms with Gasteiger partial charge >= 0.3 is 0 Å². The number of halogens is 2. The van der Waals surface area contributed by atoms with E-state index in [0.717, 1.165) is 41.0 Å². The second-order valence-electron chi connectivity index (χ2n) is 4.46. The van der Waals surface area contributed by atoms with E-state index in [0.29, 0.717) is 5.02 Å². The molecule has 0 aromatic heterocycles. The van der Waals surface area contributed by atoms with Gasteiger partial charge in [0.2, 0.25) is 0 Å². The largest absolute Gasteiger partial charge is 0.456 e. The summed E-state index contributed by atoms with van der Waals surface area (Å²) in [5.74, 6) is 1.62. The van der Waals surface area contributed by atoms with E-state index in [1.807, 2.05) is 36.4 Å². The van der Waals surface area contributed by atoms with Gasteiger partial charge in [-0.15, -0.1) is 0 Å². The van der Waals surface area contributed by atoms with Gasteiger partial charge in [0.25, 0.3) is 0 Å². The van der Waals surface area contributed by atoms with Gasteiger partial charge in [0, 0.05) is 17.1 Å². The molecule has 0 amide bonds. The molecule has 0 saturated heterocycles. The summed E-state index contributed by atoms with van der Waals surface area (Å²) in [4.78, 5) is 0. The Kier molecular flexibility index (Phi) is 5.89. The Bertz CT molecular complexity index is 574. The maximum atomic E-state index is 5.98. The van der Waals surface area contributed by atoms with Crippen LogP contribution in [0.3, 0.4) is 0 Å². The highest BCUT2D eigenvalue weighted by atomic mass is 79.9. The van der Waals surface area contributed by atoms with E-state index in [1.165, 1.54) is 0 Å². The average molecular weight is 355 g/mol. The van der Waals surface area contributed by atoms with Crippen molar-refractivity contribution < 1.29 is 4.74 Å². The summed E-state index contributed by atoms with van der Waals surface area (Å²) in [5, 5.41) is 4.07. The van der Waals surface area contributed by atoms with Crippen LogP contribution in [-0.2, 0) is 6.54 Å². The predicted molar refractivity (Wildman–Crippen MR) is 87.7 cm³/mol. The molecule has 0 atom stereocenters. The van der Waals surface area contributed by atoms with Gasteiger partial charge in [-0.2, -0.15) is 0 Å². The summed E-state index contributed by atoms with van der Waals surface area (Å²) < 4.78 is 6.83. The van der Waals surface area contributed by atoms with Crippen molar-refractivity contribution in [1.82, 2.24) is 5.32 Å². The fourth-order valence-corrected chi connectivity index (χ4v) is 2.59. The number of ether oxygens (including phenoxy) is 1. The number of hydrogen-bond acceptors (Lipinski definition) is 2. The van der Waals surface area contributed by atoms with Gasteiger partial charge in [-0.1, -0.05) is 36.7 Å². The molecular weight excluding hydrogens is 338 g/mol. The molecule has 0 aliphatic heterocycles. The number of hydrogen-bond donors (Lipinski definition) is 1. The topological polar surface area (TPSA) is 21.3 Å². The zero-order chi connectivity index (χ0) is 14.4. The molecule has 20 heavy (non-hydrogen) atoms. The van der Waals surface area contributed by atoms with E-state index < -0.39 is 0 Å². The van der Waals surface area contributed by atoms with Crippen molar-refractivity contribution in [3.05, 3.63) is 57.5 Å². The minimum Gasteiger partial charge on any atom is -0.456 e. The molecular formula is C16H17BrClNO. The molecule has 0 fully saturated rings. The van der Waals surface area contributed by atoms with Crippen molar-refractivity contribution in [2.24, 2.45) is 0 Å². The summed E-state index contributed by atoms with van der Waals surface area (Å²) in [6.07, 6.45) is 1.12. The summed E-state index contributed by atoms with van der Waals surface area (Å²) >= 11 is 9.41. The Morgan fingerprint density at radius 2 is 1.95 bits per heavy atom. The molecule has 4 heteroatoms. The fraction of sp³-hybridized carbons (Fsp3) is 0.250. The lowest BCUT2D eigenvalue weighted by Gasteiger charge is -2.13. The number of rotatable bonds is 6. The monoisotopic (exact) mass is 353 g/mol. The summed E-state index contributed by atoms with van der Waals surface area (Å²) in [5.41, 5.74) is 1.14. The maximum Gasteiger partial charge on any atom is 0.141 e. The molecule has 2 aromatic carbocycles. The van der Waals surface area contributed by atoms with Crippen LogP contribution in [0.1, 0.15) is 18.9 Å². The van der Waals surface area contributed by atoms with Gasteiger partial charge in [0.1, 0.15) is 11.5 Å². The van der Waals surface area contributed by atoms with Crippen molar-refractivity contribution in [3.8, 4) is 11.5 Å². The van der Waals surface area contributed by atoms with Crippen molar-refractivity contribution in [1.29, 1.82) is 0 Å². The van der Waals surface area contributed by atoms with Crippen LogP contribution in [0.25, 0.3) is 0 Å². The first-order chi connectivity index (χ1) is 9.70. The second kappa shape index (κ2) is 7.67. The molecule has 2 aromatic rings. The van der Waals surface area contributed by atoms with Crippen LogP contribution in [0.2, 0.25) is 5.02 Å². The van der Waals surface area contributed by atoms with E-state index in [-0.39, 0.29) is 0 Å². The van der Waals surface area contributed by atoms with Crippen molar-refractivity contribution >= 4 is 27.5 Å². The van der Waals surface area contributed by atoms with Gasteiger partial charge in [0.15, 0.2) is 0 Å². The quantitative estimate of drug-likeness (QED) is 0.702. The van der Waals surface area contributed by atoms with Crippen LogP contribution >= 0.6 is 27.5 Å². The first-order valence-electron chi connectivity index (χ1n) is 6.62. The summed E-state index contributed by atoms with van der Waals surface area (Å²) in [6.45, 7) is 3.95. The zero-order valence-corrected chi connectivity index (χ0v) is 13.7. The fourth-order valence-electron chi connectivity index (χ4n) is 1.83. The van der Waals surface area contributed by atoms with Crippen LogP contribution in [0.4, 0.5) is 0 Å². The Morgan fingerprint density at radius 3 is 2.70 bits per heavy atom. The molecule has 106 valence electrons. The van der Waals surface area contributed by atoms with Gasteiger partial charge in [-0.3, -0.25) is 0 Å². The van der Waals surface area contributed by atoms with Gasteiger partial charge in [0.05, 0.1) is 4.47 Å². The smallest absolute Gasteiger partial charge is 0.141 e. The van der Waals surface area contributed by atoms with Crippen molar-refractivity contribution in [2.45, 2.75) is 19.9 Å². The van der Waals surface area contributed by atoms with Crippen molar-refractivity contribution in [3.63, 3.8) is 0 Å². The zero-order valence-electron chi connectivity index (χ0n) is 11.3. The van der Waals surface area contributed by atoms with Crippen LogP contribution < -0.4 is 10.1 Å². The summed E-state index contributed by atoms with van der Waals surface area (Å²) in [6, 6.07) is 13.6. The maximum absolute atomic E-state index is 5.98. The standard InChI is InChI=1S/C16H17BrClNO/c1-2-9-19-11-12-5-3-4-6-15(12)20-16-8-7-13(18)10-14(16)17/h3-8,10,19H,2,9,11H2,1H3. The first-order valence-corrected chi connectivity index (χ1v) is 7.79. The molecule has 0 aliphatic rings. The Balaban J connectivity index is 2.16. The third-order valence-electron chi connectivity index (χ3n) is 2.83. The highest BCUT2D eigenvalue weighted by Gasteiger charge is 2.07. The lowest BCUT2D eigenvalue weighted by Crippen LogP contribution is -2.14. The number of nitrogens with one attached hydrogen (secondary N) is 1. The number of para-hydroxylation sites is 1. The van der Waals surface area contributed by atoms with Gasteiger partial charge < -0.3 is 10.1 Å². The van der Waals surface area contributed by atoms with E-state index in [4.69, 9.17) is 16.3 Å². The molecule has 0 radical (unpaired) electrons. The predicted octanol–water partition coefficient (Wildman–Crippen LogP) is 5.39.